The maximum Gasteiger partial charge on any atom is 0.273 e. The minimum Gasteiger partial charge on any atom is -0.376 e. The molecular weight excluding hydrogens is 344 g/mol. The van der Waals surface area contributed by atoms with Gasteiger partial charge in [-0.2, -0.15) is 5.10 Å². The Kier molecular flexibility index (Phi) is 5.24. The number of amides is 1. The molecule has 1 N–H and O–H groups in total. The van der Waals surface area contributed by atoms with Crippen molar-refractivity contribution in [1.82, 2.24) is 30.1 Å². The monoisotopic (exact) mass is 366 g/mol. The molecule has 4 rings (SSSR count). The molecule has 1 saturated heterocycles. The van der Waals surface area contributed by atoms with E-state index in [1.54, 1.807) is 10.9 Å². The van der Waals surface area contributed by atoms with Gasteiger partial charge in [0.25, 0.3) is 5.91 Å². The standard InChI is InChI=1S/C19H22N6O2/c26-19(18-14-24(23-22-18)13-17-7-4-10-27-17)20-9-8-15-11-21-25(12-15)16-5-2-1-3-6-16/h1-3,5-6,11-12,14,17H,4,7-10,13H2,(H,20,26)/t17-/m0/s1. The summed E-state index contributed by atoms with van der Waals surface area (Å²) in [5.74, 6) is -0.218. The Morgan fingerprint density at radius 1 is 1.26 bits per heavy atom. The van der Waals surface area contributed by atoms with Crippen LogP contribution in [0.15, 0.2) is 48.9 Å². The molecule has 1 aliphatic heterocycles. The highest BCUT2D eigenvalue weighted by atomic mass is 16.5. The number of hydrogen-bond donors (Lipinski definition) is 1. The van der Waals surface area contributed by atoms with E-state index in [0.717, 1.165) is 30.7 Å². The lowest BCUT2D eigenvalue weighted by Gasteiger charge is -2.07. The third kappa shape index (κ3) is 4.40. The average molecular weight is 366 g/mol. The van der Waals surface area contributed by atoms with Crippen molar-refractivity contribution in [3.05, 3.63) is 60.2 Å². The number of para-hydroxylation sites is 1. The van der Waals surface area contributed by atoms with Crippen LogP contribution in [0.25, 0.3) is 5.69 Å². The van der Waals surface area contributed by atoms with Gasteiger partial charge >= 0.3 is 0 Å². The van der Waals surface area contributed by atoms with E-state index in [4.69, 9.17) is 4.74 Å². The molecule has 1 amide bonds. The molecule has 1 fully saturated rings. The Hall–Kier alpha value is -3.00. The van der Waals surface area contributed by atoms with Gasteiger partial charge in [0.2, 0.25) is 0 Å². The summed E-state index contributed by atoms with van der Waals surface area (Å²) in [7, 11) is 0. The van der Waals surface area contributed by atoms with Gasteiger partial charge < -0.3 is 10.1 Å². The number of nitrogens with zero attached hydrogens (tertiary/aromatic N) is 5. The van der Waals surface area contributed by atoms with Gasteiger partial charge in [0.15, 0.2) is 5.69 Å². The molecule has 3 aromatic rings. The first kappa shape index (κ1) is 17.4. The van der Waals surface area contributed by atoms with E-state index in [2.05, 4.69) is 20.7 Å². The molecule has 0 unspecified atom stereocenters. The highest BCUT2D eigenvalue weighted by Gasteiger charge is 2.18. The minimum absolute atomic E-state index is 0.170. The first-order chi connectivity index (χ1) is 13.3. The maximum atomic E-state index is 12.2. The largest absolute Gasteiger partial charge is 0.376 e. The van der Waals surface area contributed by atoms with E-state index in [1.165, 1.54) is 0 Å². The summed E-state index contributed by atoms with van der Waals surface area (Å²) >= 11 is 0. The summed E-state index contributed by atoms with van der Waals surface area (Å²) in [6.07, 6.45) is 8.43. The molecule has 140 valence electrons. The second kappa shape index (κ2) is 8.13. The quantitative estimate of drug-likeness (QED) is 0.687. The zero-order valence-corrected chi connectivity index (χ0v) is 15.0. The molecule has 1 aliphatic rings. The third-order valence-corrected chi connectivity index (χ3v) is 4.54. The molecule has 0 spiro atoms. The van der Waals surface area contributed by atoms with Crippen molar-refractivity contribution in [1.29, 1.82) is 0 Å². The summed E-state index contributed by atoms with van der Waals surface area (Å²) in [5, 5.41) is 15.2. The number of carbonyl (C=O) groups excluding carboxylic acids is 1. The fourth-order valence-electron chi connectivity index (χ4n) is 3.11. The molecule has 0 radical (unpaired) electrons. The van der Waals surface area contributed by atoms with Crippen LogP contribution in [0.1, 0.15) is 28.9 Å². The van der Waals surface area contributed by atoms with E-state index >= 15 is 0 Å². The van der Waals surface area contributed by atoms with E-state index in [1.807, 2.05) is 47.4 Å². The molecule has 27 heavy (non-hydrogen) atoms. The van der Waals surface area contributed by atoms with Crippen LogP contribution in [-0.4, -0.2) is 49.9 Å². The lowest BCUT2D eigenvalue weighted by atomic mass is 10.2. The summed E-state index contributed by atoms with van der Waals surface area (Å²) in [4.78, 5) is 12.2. The maximum absolute atomic E-state index is 12.2. The van der Waals surface area contributed by atoms with Gasteiger partial charge in [-0.25, -0.2) is 9.36 Å². The van der Waals surface area contributed by atoms with Crippen molar-refractivity contribution < 1.29 is 9.53 Å². The number of benzene rings is 1. The van der Waals surface area contributed by atoms with Crippen LogP contribution in [0.3, 0.4) is 0 Å². The fraction of sp³-hybridized carbons (Fsp3) is 0.368. The van der Waals surface area contributed by atoms with Crippen molar-refractivity contribution in [3.63, 3.8) is 0 Å². The molecule has 0 aliphatic carbocycles. The van der Waals surface area contributed by atoms with Crippen LogP contribution >= 0.6 is 0 Å². The molecular formula is C19H22N6O2. The summed E-state index contributed by atoms with van der Waals surface area (Å²) in [6, 6.07) is 9.92. The van der Waals surface area contributed by atoms with Crippen LogP contribution in [0, 0.1) is 0 Å². The molecule has 8 nitrogen and oxygen atoms in total. The Morgan fingerprint density at radius 2 is 2.15 bits per heavy atom. The first-order valence-electron chi connectivity index (χ1n) is 9.17. The normalized spacial score (nSPS) is 16.5. The predicted molar refractivity (Wildman–Crippen MR) is 98.6 cm³/mol. The number of aromatic nitrogens is 5. The lowest BCUT2D eigenvalue weighted by molar-refractivity contribution is 0.0930. The average Bonchev–Trinajstić information content (AvgIpc) is 3.45. The van der Waals surface area contributed by atoms with E-state index in [-0.39, 0.29) is 12.0 Å². The smallest absolute Gasteiger partial charge is 0.273 e. The van der Waals surface area contributed by atoms with E-state index in [9.17, 15) is 4.79 Å². The Balaban J connectivity index is 1.26. The number of ether oxygens (including phenoxy) is 1. The summed E-state index contributed by atoms with van der Waals surface area (Å²) in [6.45, 7) is 1.95. The lowest BCUT2D eigenvalue weighted by Crippen LogP contribution is -2.26. The van der Waals surface area contributed by atoms with E-state index in [0.29, 0.717) is 25.2 Å². The Bertz CT molecular complexity index is 883. The van der Waals surface area contributed by atoms with Crippen molar-refractivity contribution in [2.75, 3.05) is 13.2 Å². The van der Waals surface area contributed by atoms with Crippen molar-refractivity contribution in [2.24, 2.45) is 0 Å². The van der Waals surface area contributed by atoms with Crippen LogP contribution in [-0.2, 0) is 17.7 Å². The number of carbonyl (C=O) groups is 1. The number of rotatable bonds is 7. The molecule has 2 aromatic heterocycles. The van der Waals surface area contributed by atoms with Gasteiger partial charge in [-0.05, 0) is 37.0 Å². The van der Waals surface area contributed by atoms with Crippen molar-refractivity contribution in [2.45, 2.75) is 31.9 Å². The fourth-order valence-corrected chi connectivity index (χ4v) is 3.11. The zero-order chi connectivity index (χ0) is 18.5. The van der Waals surface area contributed by atoms with Crippen LogP contribution in [0.5, 0.6) is 0 Å². The minimum atomic E-state index is -0.218. The van der Waals surface area contributed by atoms with Gasteiger partial charge in [-0.3, -0.25) is 4.79 Å². The molecule has 1 atom stereocenters. The molecule has 0 bridgehead atoms. The van der Waals surface area contributed by atoms with Gasteiger partial charge in [0.1, 0.15) is 0 Å². The second-order valence-corrected chi connectivity index (χ2v) is 6.60. The van der Waals surface area contributed by atoms with Crippen molar-refractivity contribution in [3.8, 4) is 5.69 Å². The zero-order valence-electron chi connectivity index (χ0n) is 15.0. The van der Waals surface area contributed by atoms with Gasteiger partial charge in [-0.1, -0.05) is 23.4 Å². The molecule has 8 heteroatoms. The molecule has 0 saturated carbocycles. The molecule has 3 heterocycles. The van der Waals surface area contributed by atoms with Crippen molar-refractivity contribution >= 4 is 5.91 Å². The van der Waals surface area contributed by atoms with Gasteiger partial charge in [0.05, 0.1) is 30.7 Å². The summed E-state index contributed by atoms with van der Waals surface area (Å²) < 4.78 is 9.08. The Morgan fingerprint density at radius 3 is 2.96 bits per heavy atom. The van der Waals surface area contributed by atoms with E-state index < -0.39 is 0 Å². The highest BCUT2D eigenvalue weighted by molar-refractivity contribution is 5.91. The first-order valence-corrected chi connectivity index (χ1v) is 9.17. The third-order valence-electron chi connectivity index (χ3n) is 4.54. The van der Waals surface area contributed by atoms with Crippen LogP contribution in [0.2, 0.25) is 0 Å². The predicted octanol–water partition coefficient (Wildman–Crippen LogP) is 1.62. The highest BCUT2D eigenvalue weighted by Crippen LogP contribution is 2.13. The number of hydrogen-bond acceptors (Lipinski definition) is 5. The summed E-state index contributed by atoms with van der Waals surface area (Å²) in [5.41, 5.74) is 2.39. The topological polar surface area (TPSA) is 86.9 Å². The second-order valence-electron chi connectivity index (χ2n) is 6.60. The Labute approximate surface area is 157 Å². The SMILES string of the molecule is O=C(NCCc1cnn(-c2ccccc2)c1)c1cn(C[C@@H]2CCCO2)nn1. The van der Waals surface area contributed by atoms with Crippen LogP contribution < -0.4 is 5.32 Å². The van der Waals surface area contributed by atoms with Gasteiger partial charge in [0, 0.05) is 19.3 Å². The van der Waals surface area contributed by atoms with Crippen LogP contribution in [0.4, 0.5) is 0 Å². The van der Waals surface area contributed by atoms with Gasteiger partial charge in [-0.15, -0.1) is 5.10 Å². The molecule has 1 aromatic carbocycles. The number of nitrogens with one attached hydrogen (secondary N) is 1.